The van der Waals surface area contributed by atoms with Gasteiger partial charge in [-0.1, -0.05) is 6.42 Å². The second-order valence-corrected chi connectivity index (χ2v) is 4.74. The van der Waals surface area contributed by atoms with Gasteiger partial charge >= 0.3 is 0 Å². The van der Waals surface area contributed by atoms with E-state index in [1.165, 1.54) is 32.4 Å². The van der Waals surface area contributed by atoms with Gasteiger partial charge in [0.1, 0.15) is 0 Å². The number of ether oxygens (including phenoxy) is 1. The van der Waals surface area contributed by atoms with Crippen LogP contribution in [0.3, 0.4) is 0 Å². The minimum atomic E-state index is 0.293. The van der Waals surface area contributed by atoms with Gasteiger partial charge in [-0.2, -0.15) is 0 Å². The van der Waals surface area contributed by atoms with Crippen molar-refractivity contribution in [1.82, 2.24) is 4.90 Å². The molecule has 0 aromatic rings. The highest BCUT2D eigenvalue weighted by molar-refractivity contribution is 5.04. The molecule has 0 bridgehead atoms. The Hall–Kier alpha value is -0.120. The quantitative estimate of drug-likeness (QED) is 0.734. The first-order valence-electron chi connectivity index (χ1n) is 5.79. The highest BCUT2D eigenvalue weighted by atomic mass is 16.5. The zero-order chi connectivity index (χ0) is 10.0. The maximum atomic E-state index is 5.92. The first-order chi connectivity index (χ1) is 6.80. The minimum absolute atomic E-state index is 0.293. The molecule has 1 saturated carbocycles. The van der Waals surface area contributed by atoms with Crippen LogP contribution in [0, 0.1) is 0 Å². The van der Waals surface area contributed by atoms with E-state index in [9.17, 15) is 0 Å². The molecule has 2 N–H and O–H groups in total. The number of hydrogen-bond donors (Lipinski definition) is 1. The highest BCUT2D eigenvalue weighted by Crippen LogP contribution is 2.39. The van der Waals surface area contributed by atoms with Gasteiger partial charge in [0.25, 0.3) is 0 Å². The van der Waals surface area contributed by atoms with Crippen molar-refractivity contribution in [2.24, 2.45) is 5.73 Å². The topological polar surface area (TPSA) is 38.5 Å². The van der Waals surface area contributed by atoms with Gasteiger partial charge in [0.05, 0.1) is 6.10 Å². The monoisotopic (exact) mass is 198 g/mol. The van der Waals surface area contributed by atoms with Crippen molar-refractivity contribution in [3.05, 3.63) is 0 Å². The summed E-state index contributed by atoms with van der Waals surface area (Å²) >= 11 is 0. The molecule has 1 saturated heterocycles. The molecule has 2 rings (SSSR count). The van der Waals surface area contributed by atoms with E-state index >= 15 is 0 Å². The Balaban J connectivity index is 1.92. The second kappa shape index (κ2) is 4.17. The fourth-order valence-corrected chi connectivity index (χ4v) is 2.88. The molecule has 0 amide bonds. The summed E-state index contributed by atoms with van der Waals surface area (Å²) in [4.78, 5) is 2.60. The number of likely N-dealkylation sites (tertiary alicyclic amines) is 1. The standard InChI is InChI=1S/C11H22N2O/c1-14-10-7-11(8-10,9-12)13-5-3-2-4-6-13/h10H,2-9,12H2,1H3. The van der Waals surface area contributed by atoms with Crippen LogP contribution in [0.25, 0.3) is 0 Å². The maximum absolute atomic E-state index is 5.92. The number of rotatable bonds is 3. The van der Waals surface area contributed by atoms with Gasteiger partial charge < -0.3 is 10.5 Å². The summed E-state index contributed by atoms with van der Waals surface area (Å²) in [5.74, 6) is 0. The molecule has 14 heavy (non-hydrogen) atoms. The molecule has 3 heteroatoms. The number of methoxy groups -OCH3 is 1. The smallest absolute Gasteiger partial charge is 0.0607 e. The van der Waals surface area contributed by atoms with Crippen LogP contribution in [0.4, 0.5) is 0 Å². The van der Waals surface area contributed by atoms with Gasteiger partial charge in [-0.25, -0.2) is 0 Å². The van der Waals surface area contributed by atoms with E-state index in [0.29, 0.717) is 11.6 Å². The number of hydrogen-bond acceptors (Lipinski definition) is 3. The molecule has 1 aliphatic heterocycles. The van der Waals surface area contributed by atoms with Gasteiger partial charge in [-0.05, 0) is 38.8 Å². The van der Waals surface area contributed by atoms with Crippen LogP contribution in [0.15, 0.2) is 0 Å². The molecule has 0 spiro atoms. The van der Waals surface area contributed by atoms with Crippen LogP contribution in [0.2, 0.25) is 0 Å². The molecule has 2 fully saturated rings. The molecule has 0 atom stereocenters. The average molecular weight is 198 g/mol. The summed E-state index contributed by atoms with van der Waals surface area (Å²) in [6.45, 7) is 3.29. The molecule has 3 nitrogen and oxygen atoms in total. The molecule has 1 heterocycles. The molecule has 2 aliphatic rings. The normalized spacial score (nSPS) is 39.4. The Bertz CT molecular complexity index is 184. The molecule has 1 aliphatic carbocycles. The average Bonchev–Trinajstić information content (AvgIpc) is 2.19. The van der Waals surface area contributed by atoms with Crippen molar-refractivity contribution < 1.29 is 4.74 Å². The van der Waals surface area contributed by atoms with Crippen molar-refractivity contribution in [1.29, 1.82) is 0 Å². The Morgan fingerprint density at radius 1 is 1.29 bits per heavy atom. The Morgan fingerprint density at radius 3 is 2.43 bits per heavy atom. The molecule has 82 valence electrons. The van der Waals surface area contributed by atoms with Crippen molar-refractivity contribution in [2.75, 3.05) is 26.7 Å². The molecule has 0 radical (unpaired) electrons. The number of piperidine rings is 1. The maximum Gasteiger partial charge on any atom is 0.0607 e. The fraction of sp³-hybridized carbons (Fsp3) is 1.00. The Kier molecular flexibility index (Phi) is 3.10. The fourth-order valence-electron chi connectivity index (χ4n) is 2.88. The van der Waals surface area contributed by atoms with Gasteiger partial charge in [0.15, 0.2) is 0 Å². The van der Waals surface area contributed by atoms with Crippen LogP contribution in [0.1, 0.15) is 32.1 Å². The number of nitrogens with two attached hydrogens (primary N) is 1. The van der Waals surface area contributed by atoms with E-state index in [2.05, 4.69) is 4.90 Å². The third kappa shape index (κ3) is 1.69. The van der Waals surface area contributed by atoms with Crippen molar-refractivity contribution in [3.8, 4) is 0 Å². The second-order valence-electron chi connectivity index (χ2n) is 4.74. The van der Waals surface area contributed by atoms with Gasteiger partial charge in [0, 0.05) is 19.2 Å². The lowest BCUT2D eigenvalue weighted by atomic mass is 9.72. The first-order valence-corrected chi connectivity index (χ1v) is 5.79. The largest absolute Gasteiger partial charge is 0.381 e. The summed E-state index contributed by atoms with van der Waals surface area (Å²) in [5.41, 5.74) is 6.21. The van der Waals surface area contributed by atoms with E-state index in [-0.39, 0.29) is 0 Å². The number of nitrogens with zero attached hydrogens (tertiary/aromatic N) is 1. The lowest BCUT2D eigenvalue weighted by Crippen LogP contribution is -2.64. The summed E-state index contributed by atoms with van der Waals surface area (Å²) in [6, 6.07) is 0. The lowest BCUT2D eigenvalue weighted by molar-refractivity contribution is -0.0923. The molecule has 0 aromatic carbocycles. The minimum Gasteiger partial charge on any atom is -0.381 e. The van der Waals surface area contributed by atoms with E-state index in [1.54, 1.807) is 7.11 Å². The Morgan fingerprint density at radius 2 is 1.93 bits per heavy atom. The van der Waals surface area contributed by atoms with E-state index in [4.69, 9.17) is 10.5 Å². The van der Waals surface area contributed by atoms with Crippen LogP contribution in [-0.2, 0) is 4.74 Å². The summed E-state index contributed by atoms with van der Waals surface area (Å²) in [7, 11) is 1.81. The third-order valence-electron chi connectivity index (χ3n) is 3.96. The molecular formula is C11H22N2O. The van der Waals surface area contributed by atoms with Gasteiger partial charge in [-0.15, -0.1) is 0 Å². The van der Waals surface area contributed by atoms with Crippen LogP contribution in [0.5, 0.6) is 0 Å². The zero-order valence-corrected chi connectivity index (χ0v) is 9.17. The van der Waals surface area contributed by atoms with Crippen molar-refractivity contribution >= 4 is 0 Å². The van der Waals surface area contributed by atoms with E-state index in [0.717, 1.165) is 19.4 Å². The summed E-state index contributed by atoms with van der Waals surface area (Å²) in [6.07, 6.45) is 6.82. The van der Waals surface area contributed by atoms with Crippen molar-refractivity contribution in [2.45, 2.75) is 43.7 Å². The lowest BCUT2D eigenvalue weighted by Gasteiger charge is -2.54. The molecular weight excluding hydrogens is 176 g/mol. The molecule has 0 unspecified atom stereocenters. The van der Waals surface area contributed by atoms with Crippen LogP contribution < -0.4 is 5.73 Å². The van der Waals surface area contributed by atoms with E-state index in [1.807, 2.05) is 0 Å². The SMILES string of the molecule is COC1CC(CN)(N2CCCCC2)C1. The first kappa shape index (κ1) is 10.4. The van der Waals surface area contributed by atoms with Gasteiger partial charge in [-0.3, -0.25) is 4.90 Å². The van der Waals surface area contributed by atoms with Gasteiger partial charge in [0.2, 0.25) is 0 Å². The summed E-state index contributed by atoms with van der Waals surface area (Å²) in [5, 5.41) is 0. The molecule has 0 aromatic heterocycles. The van der Waals surface area contributed by atoms with Crippen molar-refractivity contribution in [3.63, 3.8) is 0 Å². The predicted molar refractivity (Wildman–Crippen MR) is 57.2 cm³/mol. The third-order valence-corrected chi connectivity index (χ3v) is 3.96. The van der Waals surface area contributed by atoms with Crippen LogP contribution >= 0.6 is 0 Å². The zero-order valence-electron chi connectivity index (χ0n) is 9.17. The summed E-state index contributed by atoms with van der Waals surface area (Å²) < 4.78 is 5.35. The van der Waals surface area contributed by atoms with E-state index < -0.39 is 0 Å². The van der Waals surface area contributed by atoms with Crippen LogP contribution in [-0.4, -0.2) is 43.3 Å². The highest BCUT2D eigenvalue weighted by Gasteiger charge is 2.47. The Labute approximate surface area is 86.6 Å². The predicted octanol–water partition coefficient (Wildman–Crippen LogP) is 0.979.